The Labute approximate surface area is 123 Å². The van der Waals surface area contributed by atoms with Crippen molar-refractivity contribution in [3.63, 3.8) is 0 Å². The molecule has 1 atom stereocenters. The van der Waals surface area contributed by atoms with Gasteiger partial charge in [0.15, 0.2) is 0 Å². The summed E-state index contributed by atoms with van der Waals surface area (Å²) in [6, 6.07) is 4.84. The first-order chi connectivity index (χ1) is 9.43. The number of amides is 2. The molecule has 5 nitrogen and oxygen atoms in total. The minimum atomic E-state index is -0.520. The average molecular weight is 295 g/mol. The zero-order valence-corrected chi connectivity index (χ0v) is 12.8. The van der Waals surface area contributed by atoms with Crippen molar-refractivity contribution in [2.24, 2.45) is 5.73 Å². The zero-order valence-electron chi connectivity index (χ0n) is 12.0. The third kappa shape index (κ3) is 5.22. The SMILES string of the molecule is CSCC[C@@H](N)C(=O)Nc1ccc(C)c(NC(C)=O)c1. The normalized spacial score (nSPS) is 11.8. The minimum absolute atomic E-state index is 0.145. The van der Waals surface area contributed by atoms with E-state index >= 15 is 0 Å². The van der Waals surface area contributed by atoms with Crippen LogP contribution in [-0.4, -0.2) is 29.9 Å². The molecule has 6 heteroatoms. The maximum atomic E-state index is 11.9. The van der Waals surface area contributed by atoms with E-state index in [0.717, 1.165) is 11.3 Å². The maximum Gasteiger partial charge on any atom is 0.241 e. The number of hydrogen-bond donors (Lipinski definition) is 3. The van der Waals surface area contributed by atoms with Crippen molar-refractivity contribution in [1.29, 1.82) is 0 Å². The summed E-state index contributed by atoms with van der Waals surface area (Å²) >= 11 is 1.66. The molecule has 20 heavy (non-hydrogen) atoms. The van der Waals surface area contributed by atoms with Crippen molar-refractivity contribution in [2.45, 2.75) is 26.3 Å². The van der Waals surface area contributed by atoms with Crippen LogP contribution in [0.25, 0.3) is 0 Å². The number of anilines is 2. The Morgan fingerprint density at radius 3 is 2.65 bits per heavy atom. The molecule has 0 bridgehead atoms. The molecular weight excluding hydrogens is 274 g/mol. The quantitative estimate of drug-likeness (QED) is 0.749. The number of rotatable bonds is 6. The van der Waals surface area contributed by atoms with E-state index < -0.39 is 6.04 Å². The lowest BCUT2D eigenvalue weighted by Crippen LogP contribution is -2.36. The fourth-order valence-electron chi connectivity index (χ4n) is 1.63. The van der Waals surface area contributed by atoms with Crippen LogP contribution in [0.4, 0.5) is 11.4 Å². The number of carbonyl (C=O) groups excluding carboxylic acids is 2. The van der Waals surface area contributed by atoms with E-state index in [-0.39, 0.29) is 11.8 Å². The summed E-state index contributed by atoms with van der Waals surface area (Å²) in [5, 5.41) is 5.49. The Bertz CT molecular complexity index is 491. The van der Waals surface area contributed by atoms with E-state index in [1.807, 2.05) is 19.2 Å². The van der Waals surface area contributed by atoms with Crippen LogP contribution in [0.15, 0.2) is 18.2 Å². The molecule has 2 amide bonds. The van der Waals surface area contributed by atoms with E-state index in [2.05, 4.69) is 10.6 Å². The van der Waals surface area contributed by atoms with Crippen LogP contribution >= 0.6 is 11.8 Å². The lowest BCUT2D eigenvalue weighted by atomic mass is 10.1. The first-order valence-electron chi connectivity index (χ1n) is 6.37. The smallest absolute Gasteiger partial charge is 0.241 e. The van der Waals surface area contributed by atoms with Gasteiger partial charge in [-0.25, -0.2) is 0 Å². The van der Waals surface area contributed by atoms with E-state index in [1.165, 1.54) is 6.92 Å². The second-order valence-electron chi connectivity index (χ2n) is 4.59. The summed E-state index contributed by atoms with van der Waals surface area (Å²) in [6.45, 7) is 3.34. The number of thioether (sulfide) groups is 1. The summed E-state index contributed by atoms with van der Waals surface area (Å²) in [7, 11) is 0. The Balaban J connectivity index is 2.72. The fourth-order valence-corrected chi connectivity index (χ4v) is 2.12. The molecule has 4 N–H and O–H groups in total. The molecule has 0 spiro atoms. The van der Waals surface area contributed by atoms with Crippen LogP contribution in [0.3, 0.4) is 0 Å². The molecule has 0 aliphatic rings. The van der Waals surface area contributed by atoms with Crippen molar-refractivity contribution in [3.05, 3.63) is 23.8 Å². The largest absolute Gasteiger partial charge is 0.326 e. The average Bonchev–Trinajstić information content (AvgIpc) is 2.39. The van der Waals surface area contributed by atoms with Crippen LogP contribution in [-0.2, 0) is 9.59 Å². The van der Waals surface area contributed by atoms with Crippen LogP contribution in [0.2, 0.25) is 0 Å². The number of hydrogen-bond acceptors (Lipinski definition) is 4. The number of aryl methyl sites for hydroxylation is 1. The summed E-state index contributed by atoms with van der Waals surface area (Å²) < 4.78 is 0. The second kappa shape index (κ2) is 7.91. The van der Waals surface area contributed by atoms with Gasteiger partial charge < -0.3 is 16.4 Å². The van der Waals surface area contributed by atoms with E-state index in [0.29, 0.717) is 17.8 Å². The number of benzene rings is 1. The number of nitrogens with one attached hydrogen (secondary N) is 2. The Hall–Kier alpha value is -1.53. The molecule has 1 rings (SSSR count). The molecule has 0 fully saturated rings. The lowest BCUT2D eigenvalue weighted by molar-refractivity contribution is -0.117. The Kier molecular flexibility index (Phi) is 6.54. The fraction of sp³-hybridized carbons (Fsp3) is 0.429. The van der Waals surface area contributed by atoms with Crippen molar-refractivity contribution in [3.8, 4) is 0 Å². The van der Waals surface area contributed by atoms with Gasteiger partial charge in [-0.2, -0.15) is 11.8 Å². The molecule has 0 saturated heterocycles. The monoisotopic (exact) mass is 295 g/mol. The van der Waals surface area contributed by atoms with Crippen LogP contribution in [0.1, 0.15) is 18.9 Å². The Morgan fingerprint density at radius 2 is 2.05 bits per heavy atom. The number of nitrogens with two attached hydrogens (primary N) is 1. The minimum Gasteiger partial charge on any atom is -0.326 e. The van der Waals surface area contributed by atoms with Gasteiger partial charge in [-0.05, 0) is 43.0 Å². The van der Waals surface area contributed by atoms with Gasteiger partial charge in [-0.15, -0.1) is 0 Å². The van der Waals surface area contributed by atoms with Gasteiger partial charge >= 0.3 is 0 Å². The van der Waals surface area contributed by atoms with E-state index in [9.17, 15) is 9.59 Å². The zero-order chi connectivity index (χ0) is 15.1. The summed E-state index contributed by atoms with van der Waals surface area (Å²) in [4.78, 5) is 23.0. The summed E-state index contributed by atoms with van der Waals surface area (Å²) in [5.41, 5.74) is 8.06. The third-order valence-electron chi connectivity index (χ3n) is 2.79. The van der Waals surface area contributed by atoms with Crippen LogP contribution < -0.4 is 16.4 Å². The molecule has 1 aromatic rings. The molecule has 0 unspecified atom stereocenters. The van der Waals surface area contributed by atoms with Crippen LogP contribution in [0.5, 0.6) is 0 Å². The molecule has 1 aromatic carbocycles. The predicted molar refractivity (Wildman–Crippen MR) is 85.1 cm³/mol. The molecule has 0 aromatic heterocycles. The van der Waals surface area contributed by atoms with Crippen molar-refractivity contribution < 1.29 is 9.59 Å². The maximum absolute atomic E-state index is 11.9. The highest BCUT2D eigenvalue weighted by atomic mass is 32.2. The first-order valence-corrected chi connectivity index (χ1v) is 7.77. The van der Waals surface area contributed by atoms with Gasteiger partial charge in [-0.3, -0.25) is 9.59 Å². The topological polar surface area (TPSA) is 84.2 Å². The van der Waals surface area contributed by atoms with Crippen molar-refractivity contribution in [2.75, 3.05) is 22.6 Å². The molecule has 0 saturated carbocycles. The second-order valence-corrected chi connectivity index (χ2v) is 5.57. The standard InChI is InChI=1S/C14H21N3O2S/c1-9-4-5-11(8-13(9)16-10(2)18)17-14(19)12(15)6-7-20-3/h4-5,8,12H,6-7,15H2,1-3H3,(H,16,18)(H,17,19)/t12-/m1/s1. The molecule has 0 heterocycles. The molecule has 0 aliphatic heterocycles. The predicted octanol–water partition coefficient (Wildman–Crippen LogP) is 1.97. The number of carbonyl (C=O) groups is 2. The van der Waals surface area contributed by atoms with Gasteiger partial charge in [0.05, 0.1) is 6.04 Å². The molecule has 0 radical (unpaired) electrons. The summed E-state index contributed by atoms with van der Waals surface area (Å²) in [6.07, 6.45) is 2.61. The van der Waals surface area contributed by atoms with Gasteiger partial charge in [0.2, 0.25) is 11.8 Å². The highest BCUT2D eigenvalue weighted by Gasteiger charge is 2.13. The van der Waals surface area contributed by atoms with Crippen molar-refractivity contribution in [1.82, 2.24) is 0 Å². The molecule has 110 valence electrons. The molecular formula is C14H21N3O2S. The molecule has 0 aliphatic carbocycles. The van der Waals surface area contributed by atoms with E-state index in [1.54, 1.807) is 23.9 Å². The third-order valence-corrected chi connectivity index (χ3v) is 3.43. The van der Waals surface area contributed by atoms with Gasteiger partial charge in [-0.1, -0.05) is 6.07 Å². The van der Waals surface area contributed by atoms with Crippen LogP contribution in [0, 0.1) is 6.92 Å². The lowest BCUT2D eigenvalue weighted by Gasteiger charge is -2.13. The highest BCUT2D eigenvalue weighted by Crippen LogP contribution is 2.20. The van der Waals surface area contributed by atoms with Gasteiger partial charge in [0.1, 0.15) is 0 Å². The highest BCUT2D eigenvalue weighted by molar-refractivity contribution is 7.98. The first kappa shape index (κ1) is 16.5. The van der Waals surface area contributed by atoms with Gasteiger partial charge in [0, 0.05) is 18.3 Å². The summed E-state index contributed by atoms with van der Waals surface area (Å²) in [5.74, 6) is 0.490. The van der Waals surface area contributed by atoms with E-state index in [4.69, 9.17) is 5.73 Å². The Morgan fingerprint density at radius 1 is 1.35 bits per heavy atom. The van der Waals surface area contributed by atoms with Crippen molar-refractivity contribution >= 4 is 35.0 Å². The van der Waals surface area contributed by atoms with Gasteiger partial charge in [0.25, 0.3) is 0 Å².